The number of morpholine rings is 1. The van der Waals surface area contributed by atoms with Gasteiger partial charge in [-0.2, -0.15) is 10.2 Å². The number of aryl methyl sites for hydroxylation is 1. The van der Waals surface area contributed by atoms with Gasteiger partial charge in [-0.1, -0.05) is 30.3 Å². The van der Waals surface area contributed by atoms with Crippen LogP contribution in [0.4, 0.5) is 5.69 Å². The van der Waals surface area contributed by atoms with Crippen molar-refractivity contribution in [1.29, 1.82) is 0 Å². The Kier molecular flexibility index (Phi) is 6.19. The molecule has 0 spiro atoms. The Hall–Kier alpha value is -4.02. The Morgan fingerprint density at radius 1 is 1.00 bits per heavy atom. The van der Waals surface area contributed by atoms with Crippen LogP contribution in [0.3, 0.4) is 0 Å². The zero-order valence-corrected chi connectivity index (χ0v) is 21.4. The van der Waals surface area contributed by atoms with E-state index in [1.54, 1.807) is 0 Å². The fourth-order valence-electron chi connectivity index (χ4n) is 4.66. The van der Waals surface area contributed by atoms with Gasteiger partial charge in [0.05, 0.1) is 42.9 Å². The third-order valence-electron chi connectivity index (χ3n) is 6.71. The van der Waals surface area contributed by atoms with Gasteiger partial charge in [-0.25, -0.2) is 14.6 Å². The SMILES string of the molecule is CN(C)CCn1cc(-c2nc3c(N4CCOCC4)cc(-n4ccc(-c5ccccc5)n4)nc3n2C)cn1. The Morgan fingerprint density at radius 2 is 1.81 bits per heavy atom. The summed E-state index contributed by atoms with van der Waals surface area (Å²) in [6, 6.07) is 14.3. The van der Waals surface area contributed by atoms with Gasteiger partial charge < -0.3 is 19.1 Å². The largest absolute Gasteiger partial charge is 0.378 e. The van der Waals surface area contributed by atoms with E-state index in [1.807, 2.05) is 53.1 Å². The number of hydrogen-bond donors (Lipinski definition) is 0. The molecule has 0 saturated carbocycles. The predicted molar refractivity (Wildman–Crippen MR) is 144 cm³/mol. The Balaban J connectivity index is 1.44. The molecule has 4 aromatic heterocycles. The Labute approximate surface area is 215 Å². The molecule has 1 saturated heterocycles. The average molecular weight is 498 g/mol. The zero-order valence-electron chi connectivity index (χ0n) is 21.4. The maximum atomic E-state index is 5.63. The van der Waals surface area contributed by atoms with E-state index < -0.39 is 0 Å². The third-order valence-corrected chi connectivity index (χ3v) is 6.71. The molecule has 5 heterocycles. The number of aromatic nitrogens is 7. The molecule has 1 fully saturated rings. The summed E-state index contributed by atoms with van der Waals surface area (Å²) >= 11 is 0. The topological polar surface area (TPSA) is 82.1 Å². The van der Waals surface area contributed by atoms with Crippen molar-refractivity contribution in [2.24, 2.45) is 7.05 Å². The lowest BCUT2D eigenvalue weighted by Crippen LogP contribution is -2.36. The smallest absolute Gasteiger partial charge is 0.164 e. The molecular weight excluding hydrogens is 466 g/mol. The van der Waals surface area contributed by atoms with E-state index in [1.165, 1.54) is 0 Å². The number of rotatable bonds is 7. The number of likely N-dealkylation sites (N-methyl/N-ethyl adjacent to an activating group) is 1. The lowest BCUT2D eigenvalue weighted by molar-refractivity contribution is 0.123. The number of fused-ring (bicyclic) bond motifs is 1. The highest BCUT2D eigenvalue weighted by Crippen LogP contribution is 2.32. The van der Waals surface area contributed by atoms with Gasteiger partial charge in [0.25, 0.3) is 0 Å². The molecule has 1 aliphatic rings. The van der Waals surface area contributed by atoms with Gasteiger partial charge >= 0.3 is 0 Å². The van der Waals surface area contributed by atoms with Crippen molar-refractivity contribution in [2.45, 2.75) is 6.54 Å². The van der Waals surface area contributed by atoms with Crippen molar-refractivity contribution < 1.29 is 4.74 Å². The minimum atomic E-state index is 0.692. The second-order valence-corrected chi connectivity index (χ2v) is 9.57. The first kappa shape index (κ1) is 23.4. The lowest BCUT2D eigenvalue weighted by atomic mass is 10.2. The Bertz CT molecular complexity index is 1510. The first-order valence-corrected chi connectivity index (χ1v) is 12.6. The van der Waals surface area contributed by atoms with Crippen LogP contribution in [0.1, 0.15) is 0 Å². The van der Waals surface area contributed by atoms with E-state index >= 15 is 0 Å². The van der Waals surface area contributed by atoms with Crippen molar-refractivity contribution in [1.82, 2.24) is 39.0 Å². The predicted octanol–water partition coefficient (Wildman–Crippen LogP) is 3.08. The number of anilines is 1. The molecule has 0 bridgehead atoms. The molecule has 0 N–H and O–H groups in total. The number of imidazole rings is 1. The van der Waals surface area contributed by atoms with E-state index in [9.17, 15) is 0 Å². The van der Waals surface area contributed by atoms with Gasteiger partial charge in [0.2, 0.25) is 0 Å². The quantitative estimate of drug-likeness (QED) is 0.342. The minimum absolute atomic E-state index is 0.692. The van der Waals surface area contributed by atoms with Crippen LogP contribution < -0.4 is 4.90 Å². The van der Waals surface area contributed by atoms with Crippen LogP contribution in [-0.4, -0.2) is 85.9 Å². The fraction of sp³-hybridized carbons (Fsp3) is 0.333. The second-order valence-electron chi connectivity index (χ2n) is 9.57. The van der Waals surface area contributed by atoms with E-state index in [4.69, 9.17) is 19.8 Å². The number of benzene rings is 1. The highest BCUT2D eigenvalue weighted by molar-refractivity contribution is 5.90. The van der Waals surface area contributed by atoms with Crippen LogP contribution in [0.5, 0.6) is 0 Å². The van der Waals surface area contributed by atoms with Crippen LogP contribution in [0.15, 0.2) is 61.1 Å². The first-order chi connectivity index (χ1) is 18.1. The lowest BCUT2D eigenvalue weighted by Gasteiger charge is -2.29. The summed E-state index contributed by atoms with van der Waals surface area (Å²) in [4.78, 5) is 14.6. The summed E-state index contributed by atoms with van der Waals surface area (Å²) in [6.45, 7) is 4.74. The van der Waals surface area contributed by atoms with Crippen LogP contribution in [-0.2, 0) is 18.3 Å². The molecule has 6 rings (SSSR count). The molecule has 10 nitrogen and oxygen atoms in total. The van der Waals surface area contributed by atoms with Gasteiger partial charge in [-0.3, -0.25) is 4.68 Å². The second kappa shape index (κ2) is 9.79. The zero-order chi connectivity index (χ0) is 25.4. The molecular formula is C27H31N9O. The van der Waals surface area contributed by atoms with Gasteiger partial charge in [0.1, 0.15) is 11.3 Å². The Morgan fingerprint density at radius 3 is 2.59 bits per heavy atom. The summed E-state index contributed by atoms with van der Waals surface area (Å²) in [5.74, 6) is 1.60. The molecule has 0 atom stereocenters. The molecule has 37 heavy (non-hydrogen) atoms. The first-order valence-electron chi connectivity index (χ1n) is 12.6. The maximum absolute atomic E-state index is 5.63. The summed E-state index contributed by atoms with van der Waals surface area (Å²) in [7, 11) is 6.14. The van der Waals surface area contributed by atoms with Crippen molar-refractivity contribution in [3.05, 3.63) is 61.1 Å². The molecule has 0 radical (unpaired) electrons. The fourth-order valence-corrected chi connectivity index (χ4v) is 4.66. The minimum Gasteiger partial charge on any atom is -0.378 e. The molecule has 1 aromatic carbocycles. The van der Waals surface area contributed by atoms with Crippen LogP contribution in [0.25, 0.3) is 39.6 Å². The molecule has 1 aliphatic heterocycles. The summed E-state index contributed by atoms with van der Waals surface area (Å²) in [5, 5.41) is 9.40. The number of ether oxygens (including phenoxy) is 1. The molecule has 5 aromatic rings. The number of nitrogens with zero attached hydrogens (tertiary/aromatic N) is 9. The average Bonchev–Trinajstić information content (AvgIpc) is 3.67. The van der Waals surface area contributed by atoms with Crippen molar-refractivity contribution in [3.8, 4) is 28.5 Å². The van der Waals surface area contributed by atoms with Gasteiger partial charge in [0, 0.05) is 50.7 Å². The molecule has 0 amide bonds. The van der Waals surface area contributed by atoms with Gasteiger partial charge in [0.15, 0.2) is 11.5 Å². The molecule has 0 aliphatic carbocycles. The van der Waals surface area contributed by atoms with Crippen LogP contribution in [0.2, 0.25) is 0 Å². The van der Waals surface area contributed by atoms with Crippen molar-refractivity contribution in [2.75, 3.05) is 51.8 Å². The van der Waals surface area contributed by atoms with E-state index in [0.29, 0.717) is 13.2 Å². The normalized spacial score (nSPS) is 14.2. The highest BCUT2D eigenvalue weighted by atomic mass is 16.5. The molecule has 0 unspecified atom stereocenters. The monoisotopic (exact) mass is 497 g/mol. The summed E-state index contributed by atoms with van der Waals surface area (Å²) in [5.41, 5.74) is 5.68. The van der Waals surface area contributed by atoms with Crippen molar-refractivity contribution in [3.63, 3.8) is 0 Å². The van der Waals surface area contributed by atoms with E-state index in [-0.39, 0.29) is 0 Å². The summed E-state index contributed by atoms with van der Waals surface area (Å²) < 4.78 is 11.5. The van der Waals surface area contributed by atoms with Crippen LogP contribution in [0, 0.1) is 0 Å². The standard InChI is InChI=1S/C27H31N9O/c1-32(2)11-12-35-19-21(18-28-35)26-30-25-23(34-13-15-37-16-14-34)17-24(29-27(25)33(26)3)36-10-9-22(31-36)20-7-5-4-6-8-20/h4-10,17-19H,11-16H2,1-3H3. The maximum Gasteiger partial charge on any atom is 0.164 e. The number of hydrogen-bond acceptors (Lipinski definition) is 7. The van der Waals surface area contributed by atoms with E-state index in [2.05, 4.69) is 58.0 Å². The summed E-state index contributed by atoms with van der Waals surface area (Å²) in [6.07, 6.45) is 5.90. The molecule has 10 heteroatoms. The van der Waals surface area contributed by atoms with E-state index in [0.717, 1.165) is 71.5 Å². The molecule has 190 valence electrons. The van der Waals surface area contributed by atoms with Crippen molar-refractivity contribution >= 4 is 16.9 Å². The van der Waals surface area contributed by atoms with Crippen LogP contribution >= 0.6 is 0 Å². The highest BCUT2D eigenvalue weighted by Gasteiger charge is 2.22. The van der Waals surface area contributed by atoms with Gasteiger partial charge in [-0.15, -0.1) is 0 Å². The third kappa shape index (κ3) is 4.61. The van der Waals surface area contributed by atoms with Gasteiger partial charge in [-0.05, 0) is 20.2 Å². The number of pyridine rings is 1.